The van der Waals surface area contributed by atoms with Gasteiger partial charge in [-0.2, -0.15) is 5.10 Å². The predicted molar refractivity (Wildman–Crippen MR) is 60.3 cm³/mol. The number of carboxylic acids is 1. The Morgan fingerprint density at radius 1 is 1.65 bits per heavy atom. The summed E-state index contributed by atoms with van der Waals surface area (Å²) < 4.78 is 1.90. The Hall–Kier alpha value is -1.40. The number of aromatic nitrogens is 2. The highest BCUT2D eigenvalue weighted by molar-refractivity contribution is 5.66. The van der Waals surface area contributed by atoms with E-state index in [1.165, 1.54) is 0 Å². The van der Waals surface area contributed by atoms with E-state index in [0.29, 0.717) is 18.8 Å². The van der Waals surface area contributed by atoms with E-state index >= 15 is 0 Å². The lowest BCUT2D eigenvalue weighted by Crippen LogP contribution is -2.42. The fraction of sp³-hybridized carbons (Fsp3) is 0.636. The van der Waals surface area contributed by atoms with Gasteiger partial charge in [0.05, 0.1) is 31.0 Å². The minimum atomic E-state index is -0.771. The number of carboxylic acid groups (broad SMARTS) is 1. The number of fused-ring (bicyclic) bond motifs is 1. The second-order valence-corrected chi connectivity index (χ2v) is 4.43. The highest BCUT2D eigenvalue weighted by Crippen LogP contribution is 2.18. The van der Waals surface area contributed by atoms with Crippen LogP contribution in [-0.4, -0.2) is 43.4 Å². The molecule has 2 N–H and O–H groups in total. The molecule has 94 valence electrons. The van der Waals surface area contributed by atoms with Crippen LogP contribution in [0.3, 0.4) is 0 Å². The third-order valence-electron chi connectivity index (χ3n) is 3.11. The molecule has 6 heteroatoms. The van der Waals surface area contributed by atoms with Crippen molar-refractivity contribution in [3.63, 3.8) is 0 Å². The molecule has 0 fully saturated rings. The molecule has 0 spiro atoms. The summed E-state index contributed by atoms with van der Waals surface area (Å²) in [5.41, 5.74) is 1.71. The topological polar surface area (TPSA) is 78.6 Å². The molecule has 2 heterocycles. The van der Waals surface area contributed by atoms with Crippen molar-refractivity contribution in [2.75, 3.05) is 6.54 Å². The molecule has 1 aromatic heterocycles. The Labute approximate surface area is 99.5 Å². The first-order chi connectivity index (χ1) is 8.10. The van der Waals surface area contributed by atoms with Gasteiger partial charge in [0.2, 0.25) is 0 Å². The molecule has 17 heavy (non-hydrogen) atoms. The van der Waals surface area contributed by atoms with Crippen molar-refractivity contribution in [1.82, 2.24) is 14.7 Å². The zero-order chi connectivity index (χ0) is 12.4. The molecule has 1 aliphatic rings. The van der Waals surface area contributed by atoms with Gasteiger partial charge >= 0.3 is 5.97 Å². The molecule has 2 rings (SSSR count). The maximum Gasteiger partial charge on any atom is 0.304 e. The third kappa shape index (κ3) is 2.65. The van der Waals surface area contributed by atoms with Gasteiger partial charge in [0.1, 0.15) is 0 Å². The van der Waals surface area contributed by atoms with Crippen LogP contribution in [0.1, 0.15) is 24.7 Å². The van der Waals surface area contributed by atoms with Crippen LogP contribution in [0.2, 0.25) is 0 Å². The number of aliphatic hydroxyl groups excluding tert-OH is 1. The van der Waals surface area contributed by atoms with Gasteiger partial charge in [0.15, 0.2) is 0 Å². The van der Waals surface area contributed by atoms with Crippen LogP contribution in [0, 0.1) is 0 Å². The number of rotatable bonds is 4. The van der Waals surface area contributed by atoms with Gasteiger partial charge in [0.25, 0.3) is 0 Å². The molecule has 1 aromatic rings. The zero-order valence-electron chi connectivity index (χ0n) is 9.83. The molecule has 0 aromatic carbocycles. The average molecular weight is 239 g/mol. The van der Waals surface area contributed by atoms with Crippen molar-refractivity contribution in [3.05, 3.63) is 17.5 Å². The van der Waals surface area contributed by atoms with E-state index < -0.39 is 5.97 Å². The molecule has 1 atom stereocenters. The fourth-order valence-corrected chi connectivity index (χ4v) is 2.15. The third-order valence-corrected chi connectivity index (χ3v) is 3.11. The summed E-state index contributed by atoms with van der Waals surface area (Å²) in [4.78, 5) is 12.7. The zero-order valence-corrected chi connectivity index (χ0v) is 9.83. The lowest BCUT2D eigenvalue weighted by Gasteiger charge is -2.33. The first-order valence-electron chi connectivity index (χ1n) is 5.72. The number of hydrogen-bond acceptors (Lipinski definition) is 4. The van der Waals surface area contributed by atoms with E-state index in [2.05, 4.69) is 16.9 Å². The van der Waals surface area contributed by atoms with Gasteiger partial charge < -0.3 is 10.2 Å². The van der Waals surface area contributed by atoms with Gasteiger partial charge in [-0.3, -0.25) is 14.4 Å². The number of carbonyl (C=O) groups is 1. The maximum atomic E-state index is 10.6. The largest absolute Gasteiger partial charge is 0.481 e. The number of aliphatic carboxylic acids is 1. The predicted octanol–water partition coefficient (Wildman–Crippen LogP) is 0.0542. The molecule has 0 amide bonds. The van der Waals surface area contributed by atoms with Crippen molar-refractivity contribution in [2.45, 2.75) is 39.1 Å². The molecular weight excluding hydrogens is 222 g/mol. The average Bonchev–Trinajstić information content (AvgIpc) is 2.67. The molecule has 0 bridgehead atoms. The summed E-state index contributed by atoms with van der Waals surface area (Å²) in [5, 5.41) is 22.0. The van der Waals surface area contributed by atoms with Gasteiger partial charge in [-0.1, -0.05) is 0 Å². The molecule has 0 radical (unpaired) electrons. The second-order valence-electron chi connectivity index (χ2n) is 4.43. The van der Waals surface area contributed by atoms with Gasteiger partial charge in [-0.25, -0.2) is 0 Å². The molecular formula is C11H17N3O3. The maximum absolute atomic E-state index is 10.6. The number of hydrogen-bond donors (Lipinski definition) is 2. The SMILES string of the molecule is C[C@@H]1Cn2nc(CO)cc2CN1CCC(=O)O. The van der Waals surface area contributed by atoms with Crippen LogP contribution >= 0.6 is 0 Å². The number of aliphatic hydroxyl groups is 1. The summed E-state index contributed by atoms with van der Waals surface area (Å²) in [6.45, 7) is 4.00. The van der Waals surface area contributed by atoms with E-state index in [-0.39, 0.29) is 19.1 Å². The minimum absolute atomic E-state index is 0.0521. The monoisotopic (exact) mass is 239 g/mol. The van der Waals surface area contributed by atoms with E-state index in [9.17, 15) is 4.79 Å². The van der Waals surface area contributed by atoms with Crippen molar-refractivity contribution in [3.8, 4) is 0 Å². The van der Waals surface area contributed by atoms with Crippen LogP contribution in [-0.2, 0) is 24.5 Å². The van der Waals surface area contributed by atoms with Gasteiger partial charge in [0, 0.05) is 19.1 Å². The fourth-order valence-electron chi connectivity index (χ4n) is 2.15. The first kappa shape index (κ1) is 12.1. The van der Waals surface area contributed by atoms with Crippen LogP contribution in [0.5, 0.6) is 0 Å². The van der Waals surface area contributed by atoms with Crippen molar-refractivity contribution in [1.29, 1.82) is 0 Å². The Balaban J connectivity index is 2.06. The van der Waals surface area contributed by atoms with Crippen molar-refractivity contribution in [2.24, 2.45) is 0 Å². The smallest absolute Gasteiger partial charge is 0.304 e. The minimum Gasteiger partial charge on any atom is -0.481 e. The lowest BCUT2D eigenvalue weighted by molar-refractivity contribution is -0.137. The van der Waals surface area contributed by atoms with Crippen molar-refractivity contribution >= 4 is 5.97 Å². The van der Waals surface area contributed by atoms with E-state index in [0.717, 1.165) is 12.2 Å². The van der Waals surface area contributed by atoms with Gasteiger partial charge in [-0.15, -0.1) is 0 Å². The molecule has 1 aliphatic heterocycles. The molecule has 0 aliphatic carbocycles. The summed E-state index contributed by atoms with van der Waals surface area (Å²) in [6, 6.07) is 2.15. The Bertz CT molecular complexity index is 416. The van der Waals surface area contributed by atoms with E-state index in [1.54, 1.807) is 0 Å². The highest BCUT2D eigenvalue weighted by atomic mass is 16.4. The van der Waals surface area contributed by atoms with Crippen molar-refractivity contribution < 1.29 is 15.0 Å². The van der Waals surface area contributed by atoms with Gasteiger partial charge in [-0.05, 0) is 13.0 Å². The molecule has 0 saturated heterocycles. The van der Waals surface area contributed by atoms with Crippen LogP contribution < -0.4 is 0 Å². The van der Waals surface area contributed by atoms with E-state index in [1.807, 2.05) is 10.7 Å². The standard InChI is InChI=1S/C11H17N3O3/c1-8-5-14-10(4-9(7-15)12-14)6-13(8)3-2-11(16)17/h4,8,15H,2-3,5-7H2,1H3,(H,16,17)/t8-/m1/s1. The molecule has 6 nitrogen and oxygen atoms in total. The molecule has 0 unspecified atom stereocenters. The first-order valence-corrected chi connectivity index (χ1v) is 5.72. The summed E-state index contributed by atoms with van der Waals surface area (Å²) in [5.74, 6) is -0.771. The van der Waals surface area contributed by atoms with Crippen LogP contribution in [0.15, 0.2) is 6.07 Å². The molecule has 0 saturated carbocycles. The second kappa shape index (κ2) is 4.85. The summed E-state index contributed by atoms with van der Waals surface area (Å²) in [6.07, 6.45) is 0.158. The van der Waals surface area contributed by atoms with Crippen LogP contribution in [0.4, 0.5) is 0 Å². The highest BCUT2D eigenvalue weighted by Gasteiger charge is 2.24. The van der Waals surface area contributed by atoms with E-state index in [4.69, 9.17) is 10.2 Å². The van der Waals surface area contributed by atoms with Crippen LogP contribution in [0.25, 0.3) is 0 Å². The Kier molecular flexibility index (Phi) is 3.44. The normalized spacial score (nSPS) is 20.2. The Morgan fingerprint density at radius 2 is 2.41 bits per heavy atom. The lowest BCUT2D eigenvalue weighted by atomic mass is 10.2. The Morgan fingerprint density at radius 3 is 3.06 bits per heavy atom. The quantitative estimate of drug-likeness (QED) is 0.776. The summed E-state index contributed by atoms with van der Waals surface area (Å²) >= 11 is 0. The summed E-state index contributed by atoms with van der Waals surface area (Å²) in [7, 11) is 0. The number of nitrogens with zero attached hydrogens (tertiary/aromatic N) is 3.